The molecular weight excluding hydrogens is 370 g/mol. The number of amides is 1. The summed E-state index contributed by atoms with van der Waals surface area (Å²) in [5.41, 5.74) is 0.385. The van der Waals surface area contributed by atoms with Crippen LogP contribution in [0.2, 0.25) is 0 Å². The molecule has 1 amide bonds. The predicted molar refractivity (Wildman–Crippen MR) is 101 cm³/mol. The smallest absolute Gasteiger partial charge is 0.248 e. The van der Waals surface area contributed by atoms with E-state index in [1.807, 2.05) is 13.8 Å². The molecule has 0 spiro atoms. The van der Waals surface area contributed by atoms with E-state index in [1.54, 1.807) is 13.8 Å². The van der Waals surface area contributed by atoms with Crippen molar-refractivity contribution in [3.8, 4) is 0 Å². The molecule has 0 saturated carbocycles. The van der Waals surface area contributed by atoms with Crippen LogP contribution in [0.3, 0.4) is 0 Å². The fraction of sp³-hybridized carbons (Fsp3) is 0.778. The van der Waals surface area contributed by atoms with Gasteiger partial charge in [0.1, 0.15) is 10.6 Å². The highest BCUT2D eigenvalue weighted by Crippen LogP contribution is 2.28. The minimum Gasteiger partial charge on any atom is -0.379 e. The van der Waals surface area contributed by atoms with E-state index in [4.69, 9.17) is 9.26 Å². The number of hydrogen-bond acceptors (Lipinski definition) is 6. The Kier molecular flexibility index (Phi) is 7.81. The summed E-state index contributed by atoms with van der Waals surface area (Å²) in [6.07, 6.45) is 2.77. The zero-order chi connectivity index (χ0) is 20.0. The number of carbonyl (C=O) groups excluding carboxylic acids is 1. The van der Waals surface area contributed by atoms with Crippen molar-refractivity contribution in [3.05, 3.63) is 11.5 Å². The molecule has 0 unspecified atom stereocenters. The van der Waals surface area contributed by atoms with E-state index in [2.05, 4.69) is 10.5 Å². The largest absolute Gasteiger partial charge is 0.379 e. The van der Waals surface area contributed by atoms with E-state index >= 15 is 0 Å². The molecule has 0 aromatic carbocycles. The van der Waals surface area contributed by atoms with Crippen LogP contribution in [-0.2, 0) is 19.6 Å². The molecule has 0 aliphatic carbocycles. The minimum absolute atomic E-state index is 0.0200. The maximum absolute atomic E-state index is 12.8. The molecule has 1 saturated heterocycles. The number of ether oxygens (including phenoxy) is 1. The number of nitrogens with one attached hydrogen (secondary N) is 1. The van der Waals surface area contributed by atoms with Crippen LogP contribution in [0.1, 0.15) is 51.0 Å². The van der Waals surface area contributed by atoms with E-state index in [9.17, 15) is 13.2 Å². The van der Waals surface area contributed by atoms with Crippen molar-refractivity contribution in [1.29, 1.82) is 0 Å². The molecule has 0 radical (unpaired) electrons. The van der Waals surface area contributed by atoms with Crippen LogP contribution in [0, 0.1) is 19.8 Å². The summed E-state index contributed by atoms with van der Waals surface area (Å²) in [7, 11) is -3.60. The van der Waals surface area contributed by atoms with Crippen molar-refractivity contribution < 1.29 is 22.5 Å². The van der Waals surface area contributed by atoms with Crippen molar-refractivity contribution in [3.63, 3.8) is 0 Å². The highest BCUT2D eigenvalue weighted by molar-refractivity contribution is 7.89. The summed E-state index contributed by atoms with van der Waals surface area (Å²) in [5, 5.41) is 6.65. The molecule has 27 heavy (non-hydrogen) atoms. The van der Waals surface area contributed by atoms with Gasteiger partial charge in [-0.25, -0.2) is 8.42 Å². The zero-order valence-electron chi connectivity index (χ0n) is 16.7. The van der Waals surface area contributed by atoms with Crippen LogP contribution in [0.15, 0.2) is 9.42 Å². The van der Waals surface area contributed by atoms with Crippen LogP contribution in [0.5, 0.6) is 0 Å². The molecule has 0 atom stereocenters. The Morgan fingerprint density at radius 2 is 2.00 bits per heavy atom. The molecule has 0 bridgehead atoms. The number of piperidine rings is 1. The van der Waals surface area contributed by atoms with E-state index in [-0.39, 0.29) is 22.8 Å². The minimum atomic E-state index is -3.60. The van der Waals surface area contributed by atoms with Crippen LogP contribution in [0.4, 0.5) is 0 Å². The first-order valence-electron chi connectivity index (χ1n) is 9.53. The Bertz CT molecular complexity index is 702. The van der Waals surface area contributed by atoms with Crippen molar-refractivity contribution in [2.75, 3.05) is 26.2 Å². The monoisotopic (exact) mass is 401 g/mol. The quantitative estimate of drug-likeness (QED) is 0.635. The van der Waals surface area contributed by atoms with E-state index in [0.717, 1.165) is 6.42 Å². The molecule has 2 heterocycles. The summed E-state index contributed by atoms with van der Waals surface area (Å²) >= 11 is 0. The second-order valence-corrected chi connectivity index (χ2v) is 9.20. The molecule has 8 nitrogen and oxygen atoms in total. The lowest BCUT2D eigenvalue weighted by molar-refractivity contribution is -0.122. The van der Waals surface area contributed by atoms with Gasteiger partial charge in [0.25, 0.3) is 0 Å². The first-order valence-corrected chi connectivity index (χ1v) is 11.0. The van der Waals surface area contributed by atoms with Gasteiger partial charge in [-0.1, -0.05) is 5.16 Å². The lowest BCUT2D eigenvalue weighted by atomic mass is 9.94. The fourth-order valence-electron chi connectivity index (χ4n) is 3.28. The van der Waals surface area contributed by atoms with Gasteiger partial charge in [0.15, 0.2) is 5.76 Å². The van der Waals surface area contributed by atoms with E-state index in [0.29, 0.717) is 57.0 Å². The molecule has 2 rings (SSSR count). The second kappa shape index (κ2) is 9.66. The van der Waals surface area contributed by atoms with Crippen LogP contribution >= 0.6 is 0 Å². The first kappa shape index (κ1) is 21.8. The highest BCUT2D eigenvalue weighted by Gasteiger charge is 2.34. The zero-order valence-corrected chi connectivity index (χ0v) is 17.5. The number of sulfonamides is 1. The average molecular weight is 402 g/mol. The van der Waals surface area contributed by atoms with E-state index in [1.165, 1.54) is 4.31 Å². The predicted octanol–water partition coefficient (Wildman–Crippen LogP) is 2.01. The number of hydrogen-bond donors (Lipinski definition) is 1. The molecule has 1 aromatic rings. The van der Waals surface area contributed by atoms with E-state index < -0.39 is 10.0 Å². The third-order valence-corrected chi connectivity index (χ3v) is 6.85. The third-order valence-electron chi connectivity index (χ3n) is 4.71. The van der Waals surface area contributed by atoms with Crippen LogP contribution in [-0.4, -0.2) is 56.1 Å². The fourth-order valence-corrected chi connectivity index (χ4v) is 5.04. The van der Waals surface area contributed by atoms with Crippen molar-refractivity contribution in [2.45, 2.75) is 64.4 Å². The highest BCUT2D eigenvalue weighted by atomic mass is 32.2. The Morgan fingerprint density at radius 1 is 1.33 bits per heavy atom. The van der Waals surface area contributed by atoms with Gasteiger partial charge in [-0.3, -0.25) is 4.79 Å². The van der Waals surface area contributed by atoms with Gasteiger partial charge in [0.2, 0.25) is 15.9 Å². The van der Waals surface area contributed by atoms with Gasteiger partial charge in [-0.2, -0.15) is 4.31 Å². The second-order valence-electron chi connectivity index (χ2n) is 7.33. The summed E-state index contributed by atoms with van der Waals surface area (Å²) in [4.78, 5) is 12.2. The first-order chi connectivity index (χ1) is 12.7. The number of rotatable bonds is 9. The summed E-state index contributed by atoms with van der Waals surface area (Å²) in [5.74, 6) is 0.537. The van der Waals surface area contributed by atoms with Crippen molar-refractivity contribution in [1.82, 2.24) is 14.8 Å². The summed E-state index contributed by atoms with van der Waals surface area (Å²) < 4.78 is 37.5. The Labute approximate surface area is 161 Å². The number of aromatic nitrogens is 1. The summed E-state index contributed by atoms with van der Waals surface area (Å²) in [6.45, 7) is 9.26. The molecule has 1 aromatic heterocycles. The number of aryl methyl sites for hydroxylation is 2. The SMILES string of the molecule is Cc1noc(C)c1S(=O)(=O)N1CCC(CC(=O)NCCCOC(C)C)CC1. The number of carbonyl (C=O) groups is 1. The molecule has 1 fully saturated rings. The van der Waals surface area contributed by atoms with Crippen molar-refractivity contribution >= 4 is 15.9 Å². The maximum Gasteiger partial charge on any atom is 0.248 e. The molecule has 9 heteroatoms. The lowest BCUT2D eigenvalue weighted by Crippen LogP contribution is -2.40. The van der Waals surface area contributed by atoms with Gasteiger partial charge >= 0.3 is 0 Å². The van der Waals surface area contributed by atoms with Crippen molar-refractivity contribution in [2.24, 2.45) is 5.92 Å². The molecule has 1 N–H and O–H groups in total. The van der Waals surface area contributed by atoms with Gasteiger partial charge in [0.05, 0.1) is 6.10 Å². The Hall–Kier alpha value is -1.45. The summed E-state index contributed by atoms with van der Waals surface area (Å²) in [6, 6.07) is 0. The average Bonchev–Trinajstić information content (AvgIpc) is 2.94. The third kappa shape index (κ3) is 6.02. The Morgan fingerprint density at radius 3 is 2.56 bits per heavy atom. The normalized spacial score (nSPS) is 16.8. The van der Waals surface area contributed by atoms with Crippen LogP contribution < -0.4 is 5.32 Å². The van der Waals surface area contributed by atoms with Gasteiger partial charge in [0, 0.05) is 32.7 Å². The van der Waals surface area contributed by atoms with Gasteiger partial charge in [-0.05, 0) is 52.9 Å². The lowest BCUT2D eigenvalue weighted by Gasteiger charge is -2.30. The van der Waals surface area contributed by atoms with Gasteiger partial charge in [-0.15, -0.1) is 0 Å². The number of nitrogens with zero attached hydrogens (tertiary/aromatic N) is 2. The standard InChI is InChI=1S/C18H31N3O5S/c1-13(2)25-11-5-8-19-17(22)12-16-6-9-21(10-7-16)27(23,24)18-14(3)20-26-15(18)4/h13,16H,5-12H2,1-4H3,(H,19,22). The molecule has 1 aliphatic rings. The maximum atomic E-state index is 12.8. The Balaban J connectivity index is 1.76. The topological polar surface area (TPSA) is 102 Å². The van der Waals surface area contributed by atoms with Gasteiger partial charge < -0.3 is 14.6 Å². The van der Waals surface area contributed by atoms with Crippen LogP contribution in [0.25, 0.3) is 0 Å². The molecule has 154 valence electrons. The molecule has 1 aliphatic heterocycles. The molecular formula is C18H31N3O5S.